The molecule has 0 spiro atoms. The van der Waals surface area contributed by atoms with Crippen molar-refractivity contribution < 1.29 is 22.1 Å². The molecule has 3 aromatic rings. The Hall–Kier alpha value is -3.07. The summed E-state index contributed by atoms with van der Waals surface area (Å²) in [4.78, 5) is 16.0. The maximum Gasteiger partial charge on any atom is 0.227 e. The van der Waals surface area contributed by atoms with Crippen molar-refractivity contribution in [1.29, 1.82) is 0 Å². The van der Waals surface area contributed by atoms with Gasteiger partial charge in [-0.2, -0.15) is 4.98 Å². The molecular formula is C19H18FN3O4S. The third-order valence-corrected chi connectivity index (χ3v) is 5.53. The molecule has 0 saturated carbocycles. The molecule has 0 saturated heterocycles. The third kappa shape index (κ3) is 5.23. The molecule has 0 aliphatic carbocycles. The zero-order chi connectivity index (χ0) is 20.1. The summed E-state index contributed by atoms with van der Waals surface area (Å²) in [6.07, 6.45) is 0.293. The van der Waals surface area contributed by atoms with Gasteiger partial charge < -0.3 is 9.84 Å². The van der Waals surface area contributed by atoms with E-state index in [4.69, 9.17) is 4.52 Å². The van der Waals surface area contributed by atoms with Gasteiger partial charge in [0.2, 0.25) is 11.8 Å². The normalized spacial score (nSPS) is 11.4. The summed E-state index contributed by atoms with van der Waals surface area (Å²) in [7, 11) is -3.72. The Bertz CT molecular complexity index is 1060. The molecule has 1 N–H and O–H groups in total. The molecule has 1 amide bonds. The molecule has 0 radical (unpaired) electrons. The molecule has 0 unspecified atom stereocenters. The van der Waals surface area contributed by atoms with Crippen LogP contribution in [0.5, 0.6) is 0 Å². The summed E-state index contributed by atoms with van der Waals surface area (Å²) >= 11 is 0. The summed E-state index contributed by atoms with van der Waals surface area (Å²) in [6, 6.07) is 11.9. The van der Waals surface area contributed by atoms with Gasteiger partial charge in [-0.3, -0.25) is 4.79 Å². The Morgan fingerprint density at radius 1 is 1.11 bits per heavy atom. The van der Waals surface area contributed by atoms with Crippen LogP contribution in [0.2, 0.25) is 0 Å². The van der Waals surface area contributed by atoms with Crippen LogP contribution in [-0.4, -0.2) is 24.5 Å². The SMILES string of the molecule is Cc1ccc(NC(=O)CCc2nc(CS(=O)(=O)c3ccc(F)cc3)no2)cc1. The summed E-state index contributed by atoms with van der Waals surface area (Å²) in [5, 5.41) is 6.40. The van der Waals surface area contributed by atoms with Gasteiger partial charge in [0.1, 0.15) is 11.6 Å². The van der Waals surface area contributed by atoms with E-state index in [-0.39, 0.29) is 35.4 Å². The van der Waals surface area contributed by atoms with E-state index < -0.39 is 21.4 Å². The van der Waals surface area contributed by atoms with Crippen LogP contribution >= 0.6 is 0 Å². The fraction of sp³-hybridized carbons (Fsp3) is 0.211. The minimum absolute atomic E-state index is 0.0155. The summed E-state index contributed by atoms with van der Waals surface area (Å²) in [5.74, 6) is -1.06. The predicted molar refractivity (Wildman–Crippen MR) is 99.7 cm³/mol. The van der Waals surface area contributed by atoms with Gasteiger partial charge in [-0.25, -0.2) is 12.8 Å². The monoisotopic (exact) mass is 403 g/mol. The van der Waals surface area contributed by atoms with Crippen LogP contribution in [0.15, 0.2) is 57.9 Å². The number of anilines is 1. The second-order valence-electron chi connectivity index (χ2n) is 6.23. The lowest BCUT2D eigenvalue weighted by Crippen LogP contribution is -2.12. The number of hydrogen-bond donors (Lipinski definition) is 1. The molecule has 7 nitrogen and oxygen atoms in total. The van der Waals surface area contributed by atoms with E-state index in [1.807, 2.05) is 19.1 Å². The van der Waals surface area contributed by atoms with E-state index in [9.17, 15) is 17.6 Å². The van der Waals surface area contributed by atoms with E-state index in [2.05, 4.69) is 15.5 Å². The lowest BCUT2D eigenvalue weighted by atomic mass is 10.2. The third-order valence-electron chi connectivity index (χ3n) is 3.90. The fourth-order valence-electron chi connectivity index (χ4n) is 2.43. The zero-order valence-electron chi connectivity index (χ0n) is 15.1. The second-order valence-corrected chi connectivity index (χ2v) is 8.22. The number of carbonyl (C=O) groups is 1. The van der Waals surface area contributed by atoms with Gasteiger partial charge in [0.15, 0.2) is 15.7 Å². The number of hydrogen-bond acceptors (Lipinski definition) is 6. The van der Waals surface area contributed by atoms with Crippen molar-refractivity contribution in [1.82, 2.24) is 10.1 Å². The molecule has 2 aromatic carbocycles. The molecule has 28 heavy (non-hydrogen) atoms. The van der Waals surface area contributed by atoms with Gasteiger partial charge in [-0.1, -0.05) is 22.9 Å². The highest BCUT2D eigenvalue weighted by atomic mass is 32.2. The quantitative estimate of drug-likeness (QED) is 0.608. The van der Waals surface area contributed by atoms with Gasteiger partial charge in [0.05, 0.1) is 4.90 Å². The van der Waals surface area contributed by atoms with Crippen molar-refractivity contribution in [3.05, 3.63) is 71.6 Å². The molecule has 3 rings (SSSR count). The van der Waals surface area contributed by atoms with E-state index in [0.717, 1.165) is 17.7 Å². The Morgan fingerprint density at radius 2 is 1.79 bits per heavy atom. The van der Waals surface area contributed by atoms with Gasteiger partial charge in [-0.05, 0) is 43.3 Å². The molecule has 1 aromatic heterocycles. The Balaban J connectivity index is 1.55. The van der Waals surface area contributed by atoms with Crippen LogP contribution in [-0.2, 0) is 26.8 Å². The number of aryl methyl sites for hydroxylation is 2. The molecule has 0 atom stereocenters. The Kier molecular flexibility index (Phi) is 5.84. The van der Waals surface area contributed by atoms with E-state index in [1.165, 1.54) is 12.1 Å². The zero-order valence-corrected chi connectivity index (χ0v) is 15.9. The van der Waals surface area contributed by atoms with E-state index >= 15 is 0 Å². The van der Waals surface area contributed by atoms with Crippen molar-refractivity contribution >= 4 is 21.4 Å². The van der Waals surface area contributed by atoms with Crippen molar-refractivity contribution in [3.63, 3.8) is 0 Å². The van der Waals surface area contributed by atoms with E-state index in [0.29, 0.717) is 5.69 Å². The van der Waals surface area contributed by atoms with Gasteiger partial charge in [0.25, 0.3) is 0 Å². The number of nitrogens with zero attached hydrogens (tertiary/aromatic N) is 2. The number of rotatable bonds is 7. The predicted octanol–water partition coefficient (Wildman–Crippen LogP) is 3.06. The summed E-state index contributed by atoms with van der Waals surface area (Å²) < 4.78 is 42.6. The summed E-state index contributed by atoms with van der Waals surface area (Å²) in [5.41, 5.74) is 1.78. The molecule has 0 bridgehead atoms. The minimum atomic E-state index is -3.72. The van der Waals surface area contributed by atoms with Gasteiger partial charge >= 0.3 is 0 Å². The molecule has 9 heteroatoms. The average Bonchev–Trinajstić information content (AvgIpc) is 3.09. The number of nitrogens with one attached hydrogen (secondary N) is 1. The number of sulfone groups is 1. The minimum Gasteiger partial charge on any atom is -0.339 e. The van der Waals surface area contributed by atoms with Crippen molar-refractivity contribution in [2.24, 2.45) is 0 Å². The van der Waals surface area contributed by atoms with Crippen LogP contribution in [0, 0.1) is 12.7 Å². The maximum atomic E-state index is 12.9. The first-order valence-corrected chi connectivity index (χ1v) is 10.1. The highest BCUT2D eigenvalue weighted by molar-refractivity contribution is 7.90. The summed E-state index contributed by atoms with van der Waals surface area (Å²) in [6.45, 7) is 1.95. The smallest absolute Gasteiger partial charge is 0.227 e. The second kappa shape index (κ2) is 8.30. The van der Waals surface area contributed by atoms with Crippen LogP contribution in [0.4, 0.5) is 10.1 Å². The van der Waals surface area contributed by atoms with Gasteiger partial charge in [0, 0.05) is 18.5 Å². The molecular weight excluding hydrogens is 385 g/mol. The van der Waals surface area contributed by atoms with Crippen LogP contribution in [0.3, 0.4) is 0 Å². The van der Waals surface area contributed by atoms with Crippen molar-refractivity contribution in [3.8, 4) is 0 Å². The number of halogens is 1. The first kappa shape index (κ1) is 19.7. The average molecular weight is 403 g/mol. The topological polar surface area (TPSA) is 102 Å². The lowest BCUT2D eigenvalue weighted by molar-refractivity contribution is -0.116. The molecule has 146 valence electrons. The van der Waals surface area contributed by atoms with Crippen LogP contribution in [0.1, 0.15) is 23.7 Å². The largest absolute Gasteiger partial charge is 0.339 e. The number of benzene rings is 2. The van der Waals surface area contributed by atoms with E-state index in [1.54, 1.807) is 12.1 Å². The number of aromatic nitrogens is 2. The molecule has 0 aliphatic heterocycles. The molecule has 0 fully saturated rings. The highest BCUT2D eigenvalue weighted by Crippen LogP contribution is 2.16. The first-order chi connectivity index (χ1) is 13.3. The molecule has 0 aliphatic rings. The standard InChI is InChI=1S/C19H18FN3O4S/c1-13-2-6-15(7-3-13)21-18(24)10-11-19-22-17(23-27-19)12-28(25,26)16-8-4-14(20)5-9-16/h2-9H,10-12H2,1H3,(H,21,24). The van der Waals surface area contributed by atoms with Crippen LogP contribution < -0.4 is 5.32 Å². The first-order valence-electron chi connectivity index (χ1n) is 8.48. The molecule has 1 heterocycles. The Morgan fingerprint density at radius 3 is 2.46 bits per heavy atom. The van der Waals surface area contributed by atoms with Crippen LogP contribution in [0.25, 0.3) is 0 Å². The van der Waals surface area contributed by atoms with Crippen molar-refractivity contribution in [2.75, 3.05) is 5.32 Å². The highest BCUT2D eigenvalue weighted by Gasteiger charge is 2.19. The Labute approximate surface area is 161 Å². The van der Waals surface area contributed by atoms with Crippen molar-refractivity contribution in [2.45, 2.75) is 30.4 Å². The number of amides is 1. The maximum absolute atomic E-state index is 12.9. The fourth-order valence-corrected chi connectivity index (χ4v) is 3.60. The lowest BCUT2D eigenvalue weighted by Gasteiger charge is -2.04. The number of carbonyl (C=O) groups excluding carboxylic acids is 1. The van der Waals surface area contributed by atoms with Gasteiger partial charge in [-0.15, -0.1) is 0 Å².